The minimum Gasteiger partial charge on any atom is -0.354 e. The predicted octanol–water partition coefficient (Wildman–Crippen LogP) is 1.67. The van der Waals surface area contributed by atoms with Gasteiger partial charge in [0.25, 0.3) is 0 Å². The molecule has 2 unspecified atom stereocenters. The van der Waals surface area contributed by atoms with Crippen molar-refractivity contribution >= 4 is 5.91 Å². The lowest BCUT2D eigenvalue weighted by Gasteiger charge is -2.35. The summed E-state index contributed by atoms with van der Waals surface area (Å²) in [6.07, 6.45) is 7.55. The number of aryl methyl sites for hydroxylation is 2. The molecule has 4 N–H and O–H groups in total. The molecule has 0 spiro atoms. The number of amides is 1. The summed E-state index contributed by atoms with van der Waals surface area (Å²) in [7, 11) is 0. The highest BCUT2D eigenvalue weighted by Gasteiger charge is 2.37. The number of carbonyl (C=O) groups is 1. The molecule has 1 amide bonds. The predicted molar refractivity (Wildman–Crippen MR) is 79.2 cm³/mol. The highest BCUT2D eigenvalue weighted by atomic mass is 16.2. The summed E-state index contributed by atoms with van der Waals surface area (Å²) < 4.78 is 0. The quantitative estimate of drug-likeness (QED) is 0.716. The second-order valence-electron chi connectivity index (χ2n) is 6.24. The van der Waals surface area contributed by atoms with Crippen LogP contribution in [0.5, 0.6) is 0 Å². The van der Waals surface area contributed by atoms with Crippen LogP contribution in [-0.2, 0) is 11.2 Å². The summed E-state index contributed by atoms with van der Waals surface area (Å²) in [5, 5.41) is 9.92. The molecule has 1 aliphatic carbocycles. The van der Waals surface area contributed by atoms with Crippen molar-refractivity contribution < 1.29 is 4.79 Å². The van der Waals surface area contributed by atoms with Crippen molar-refractivity contribution in [3.05, 3.63) is 17.5 Å². The van der Waals surface area contributed by atoms with Gasteiger partial charge in [0.15, 0.2) is 0 Å². The smallest absolute Gasteiger partial charge is 0.240 e. The van der Waals surface area contributed by atoms with E-state index in [9.17, 15) is 4.79 Å². The first-order chi connectivity index (χ1) is 9.51. The Morgan fingerprint density at radius 2 is 2.45 bits per heavy atom. The second kappa shape index (κ2) is 6.39. The van der Waals surface area contributed by atoms with Crippen molar-refractivity contribution in [1.82, 2.24) is 15.5 Å². The van der Waals surface area contributed by atoms with E-state index in [4.69, 9.17) is 5.73 Å². The fourth-order valence-corrected chi connectivity index (χ4v) is 3.08. The fourth-order valence-electron chi connectivity index (χ4n) is 3.08. The molecule has 2 rings (SSSR count). The van der Waals surface area contributed by atoms with Gasteiger partial charge in [0.2, 0.25) is 5.91 Å². The first-order valence-electron chi connectivity index (χ1n) is 7.57. The lowest BCUT2D eigenvalue weighted by molar-refractivity contribution is -0.128. The number of nitrogens with one attached hydrogen (secondary N) is 2. The maximum atomic E-state index is 12.2. The van der Waals surface area contributed by atoms with Crippen LogP contribution in [0, 0.1) is 12.8 Å². The van der Waals surface area contributed by atoms with Crippen LogP contribution >= 0.6 is 0 Å². The maximum Gasteiger partial charge on any atom is 0.240 e. The molecule has 20 heavy (non-hydrogen) atoms. The molecule has 0 aliphatic heterocycles. The molecule has 1 heterocycles. The van der Waals surface area contributed by atoms with Gasteiger partial charge in [-0.15, -0.1) is 0 Å². The normalized spacial score (nSPS) is 26.4. The van der Waals surface area contributed by atoms with E-state index in [1.54, 1.807) is 0 Å². The van der Waals surface area contributed by atoms with E-state index in [1.807, 2.05) is 13.1 Å². The zero-order valence-corrected chi connectivity index (χ0v) is 12.5. The van der Waals surface area contributed by atoms with Crippen molar-refractivity contribution in [2.24, 2.45) is 11.7 Å². The molecule has 1 aliphatic rings. The second-order valence-corrected chi connectivity index (χ2v) is 6.24. The molecule has 0 aromatic carbocycles. The van der Waals surface area contributed by atoms with Crippen molar-refractivity contribution in [3.8, 4) is 0 Å². The third-order valence-electron chi connectivity index (χ3n) is 4.33. The molecular weight excluding hydrogens is 252 g/mol. The molecule has 1 saturated carbocycles. The minimum absolute atomic E-state index is 0.0213. The Balaban J connectivity index is 1.73. The number of hydrogen-bond donors (Lipinski definition) is 3. The molecule has 1 fully saturated rings. The van der Waals surface area contributed by atoms with E-state index in [0.717, 1.165) is 37.8 Å². The highest BCUT2D eigenvalue weighted by Crippen LogP contribution is 2.30. The van der Waals surface area contributed by atoms with Crippen LogP contribution in [0.3, 0.4) is 0 Å². The Morgan fingerprint density at radius 3 is 3.10 bits per heavy atom. The average Bonchev–Trinajstić information content (AvgIpc) is 2.80. The third kappa shape index (κ3) is 3.60. The van der Waals surface area contributed by atoms with Gasteiger partial charge in [-0.25, -0.2) is 0 Å². The number of rotatable bonds is 5. The molecule has 0 saturated heterocycles. The monoisotopic (exact) mass is 278 g/mol. The Bertz CT molecular complexity index is 456. The van der Waals surface area contributed by atoms with Gasteiger partial charge in [-0.05, 0) is 44.1 Å². The number of aromatic amines is 1. The Labute approximate surface area is 120 Å². The lowest BCUT2D eigenvalue weighted by Crippen LogP contribution is -2.56. The number of carbonyl (C=O) groups excluding carboxylic acids is 1. The van der Waals surface area contributed by atoms with Crippen LogP contribution in [0.1, 0.15) is 50.3 Å². The zero-order chi connectivity index (χ0) is 14.6. The first-order valence-corrected chi connectivity index (χ1v) is 7.57. The van der Waals surface area contributed by atoms with E-state index in [-0.39, 0.29) is 5.91 Å². The summed E-state index contributed by atoms with van der Waals surface area (Å²) >= 11 is 0. The van der Waals surface area contributed by atoms with Crippen molar-refractivity contribution in [3.63, 3.8) is 0 Å². The van der Waals surface area contributed by atoms with E-state index >= 15 is 0 Å². The van der Waals surface area contributed by atoms with Gasteiger partial charge in [0, 0.05) is 12.2 Å². The molecular formula is C15H26N4O. The van der Waals surface area contributed by atoms with Gasteiger partial charge in [-0.2, -0.15) is 5.10 Å². The van der Waals surface area contributed by atoms with Crippen molar-refractivity contribution in [1.29, 1.82) is 0 Å². The Kier molecular flexibility index (Phi) is 4.81. The summed E-state index contributed by atoms with van der Waals surface area (Å²) in [4.78, 5) is 12.2. The van der Waals surface area contributed by atoms with Crippen LogP contribution in [0.4, 0.5) is 0 Å². The molecule has 1 aromatic heterocycles. The van der Waals surface area contributed by atoms with Gasteiger partial charge in [0.1, 0.15) is 0 Å². The van der Waals surface area contributed by atoms with E-state index in [0.29, 0.717) is 12.5 Å². The molecule has 2 atom stereocenters. The van der Waals surface area contributed by atoms with Crippen LogP contribution < -0.4 is 11.1 Å². The summed E-state index contributed by atoms with van der Waals surface area (Å²) in [5.74, 6) is 0.570. The Morgan fingerprint density at radius 1 is 1.65 bits per heavy atom. The van der Waals surface area contributed by atoms with Gasteiger partial charge in [-0.1, -0.05) is 19.8 Å². The van der Waals surface area contributed by atoms with E-state index < -0.39 is 5.54 Å². The molecule has 0 radical (unpaired) electrons. The molecule has 0 bridgehead atoms. The molecule has 1 aromatic rings. The zero-order valence-electron chi connectivity index (χ0n) is 12.5. The van der Waals surface area contributed by atoms with Gasteiger partial charge < -0.3 is 11.1 Å². The molecule has 112 valence electrons. The minimum atomic E-state index is -0.650. The number of nitrogens with zero attached hydrogens (tertiary/aromatic N) is 1. The summed E-state index contributed by atoms with van der Waals surface area (Å²) in [6, 6.07) is 0. The van der Waals surface area contributed by atoms with Crippen LogP contribution in [0.25, 0.3) is 0 Å². The first kappa shape index (κ1) is 15.0. The number of hydrogen-bond acceptors (Lipinski definition) is 3. The van der Waals surface area contributed by atoms with Crippen LogP contribution in [0.2, 0.25) is 0 Å². The third-order valence-corrected chi connectivity index (χ3v) is 4.33. The van der Waals surface area contributed by atoms with Crippen molar-refractivity contribution in [2.45, 2.75) is 57.9 Å². The maximum absolute atomic E-state index is 12.2. The largest absolute Gasteiger partial charge is 0.354 e. The standard InChI is InChI=1S/C15H26N4O/c1-11-5-3-7-15(16,9-11)14(20)17-8-4-6-13-10-18-19-12(13)2/h10-11H,3-9,16H2,1-2H3,(H,17,20)(H,18,19). The fraction of sp³-hybridized carbons (Fsp3) is 0.733. The number of H-pyrrole nitrogens is 1. The molecule has 5 heteroatoms. The topological polar surface area (TPSA) is 83.8 Å². The van der Waals surface area contributed by atoms with Gasteiger partial charge >= 0.3 is 0 Å². The molecule has 5 nitrogen and oxygen atoms in total. The summed E-state index contributed by atoms with van der Waals surface area (Å²) in [5.41, 5.74) is 7.94. The number of aromatic nitrogens is 2. The SMILES string of the molecule is Cc1[nH]ncc1CCCNC(=O)C1(N)CCCC(C)C1. The highest BCUT2D eigenvalue weighted by molar-refractivity contribution is 5.86. The van der Waals surface area contributed by atoms with E-state index in [2.05, 4.69) is 22.4 Å². The number of nitrogens with two attached hydrogens (primary N) is 1. The lowest BCUT2D eigenvalue weighted by atomic mass is 9.76. The van der Waals surface area contributed by atoms with Crippen molar-refractivity contribution in [2.75, 3.05) is 6.54 Å². The van der Waals surface area contributed by atoms with Crippen LogP contribution in [-0.4, -0.2) is 28.2 Å². The Hall–Kier alpha value is -1.36. The van der Waals surface area contributed by atoms with Crippen LogP contribution in [0.15, 0.2) is 6.20 Å². The average molecular weight is 278 g/mol. The van der Waals surface area contributed by atoms with Gasteiger partial charge in [-0.3, -0.25) is 9.89 Å². The van der Waals surface area contributed by atoms with Gasteiger partial charge in [0.05, 0.1) is 11.7 Å². The van der Waals surface area contributed by atoms with E-state index in [1.165, 1.54) is 12.0 Å². The summed E-state index contributed by atoms with van der Waals surface area (Å²) in [6.45, 7) is 4.87.